The molecule has 0 saturated carbocycles. The Bertz CT molecular complexity index is 600. The predicted octanol–water partition coefficient (Wildman–Crippen LogP) is 2.71. The molecule has 0 radical (unpaired) electrons. The van der Waals surface area contributed by atoms with E-state index in [4.69, 9.17) is 0 Å². The van der Waals surface area contributed by atoms with E-state index >= 15 is 0 Å². The van der Waals surface area contributed by atoms with Gasteiger partial charge in [-0.3, -0.25) is 14.9 Å². The number of nitro groups is 1. The molecule has 1 aromatic rings. The molecule has 2 aliphatic heterocycles. The van der Waals surface area contributed by atoms with Crippen LogP contribution in [-0.4, -0.2) is 47.2 Å². The fraction of sp³-hybridized carbons (Fsp3) is 0.533. The zero-order chi connectivity index (χ0) is 15.7. The third-order valence-corrected chi connectivity index (χ3v) is 5.24. The number of carbonyl (C=O) groups excluding carboxylic acids is 1. The van der Waals surface area contributed by atoms with Crippen LogP contribution in [0.4, 0.5) is 5.69 Å². The van der Waals surface area contributed by atoms with E-state index in [2.05, 4.69) is 5.32 Å². The van der Waals surface area contributed by atoms with Crippen LogP contribution in [0.1, 0.15) is 29.6 Å². The van der Waals surface area contributed by atoms with Gasteiger partial charge in [0.25, 0.3) is 11.6 Å². The van der Waals surface area contributed by atoms with Crippen LogP contribution in [0.2, 0.25) is 0 Å². The van der Waals surface area contributed by atoms with Crippen LogP contribution in [0.25, 0.3) is 0 Å². The Morgan fingerprint density at radius 3 is 2.78 bits per heavy atom. The summed E-state index contributed by atoms with van der Waals surface area (Å²) in [6.45, 7) is 1.68. The van der Waals surface area contributed by atoms with E-state index in [-0.39, 0.29) is 41.6 Å². The highest BCUT2D eigenvalue weighted by Gasteiger charge is 2.40. The van der Waals surface area contributed by atoms with Gasteiger partial charge in [0.1, 0.15) is 5.56 Å². The molecule has 8 heteroatoms. The Morgan fingerprint density at radius 1 is 1.35 bits per heavy atom. The second-order valence-corrected chi connectivity index (χ2v) is 6.61. The Morgan fingerprint density at radius 2 is 2.09 bits per heavy atom. The van der Waals surface area contributed by atoms with Gasteiger partial charge in [-0.2, -0.15) is 0 Å². The third-order valence-electron chi connectivity index (χ3n) is 4.52. The summed E-state index contributed by atoms with van der Waals surface area (Å²) in [6, 6.07) is 5.14. The van der Waals surface area contributed by atoms with Crippen LogP contribution in [-0.2, 0) is 0 Å². The number of carbonyl (C=O) groups is 1. The second-order valence-electron chi connectivity index (χ2n) is 5.73. The molecule has 2 aliphatic rings. The molecule has 1 aromatic carbocycles. The van der Waals surface area contributed by atoms with Crippen molar-refractivity contribution in [2.24, 2.45) is 0 Å². The largest absolute Gasteiger partial charge is 0.331 e. The van der Waals surface area contributed by atoms with Crippen LogP contribution in [0, 0.1) is 10.1 Å². The number of hydrogen-bond acceptors (Lipinski definition) is 5. The average Bonchev–Trinajstić information content (AvgIpc) is 2.78. The number of fused-ring (bicyclic) bond motifs is 2. The summed E-state index contributed by atoms with van der Waals surface area (Å²) in [7, 11) is 0. The maximum atomic E-state index is 13.0. The predicted molar refractivity (Wildman–Crippen MR) is 92.6 cm³/mol. The second kappa shape index (κ2) is 7.51. The van der Waals surface area contributed by atoms with Crippen molar-refractivity contribution in [3.63, 3.8) is 0 Å². The summed E-state index contributed by atoms with van der Waals surface area (Å²) < 4.78 is 0. The van der Waals surface area contributed by atoms with Crippen molar-refractivity contribution in [2.45, 2.75) is 36.2 Å². The average molecular weight is 358 g/mol. The van der Waals surface area contributed by atoms with Crippen LogP contribution in [0.15, 0.2) is 23.1 Å². The quantitative estimate of drug-likeness (QED) is 0.511. The van der Waals surface area contributed by atoms with Gasteiger partial charge in [0.05, 0.1) is 4.92 Å². The fourth-order valence-corrected chi connectivity index (χ4v) is 3.87. The van der Waals surface area contributed by atoms with Gasteiger partial charge in [0, 0.05) is 29.6 Å². The minimum Gasteiger partial charge on any atom is -0.331 e. The van der Waals surface area contributed by atoms with Gasteiger partial charge in [-0.15, -0.1) is 24.2 Å². The van der Waals surface area contributed by atoms with Crippen LogP contribution >= 0.6 is 24.2 Å². The molecule has 6 nitrogen and oxygen atoms in total. The lowest BCUT2D eigenvalue weighted by molar-refractivity contribution is -0.385. The lowest BCUT2D eigenvalue weighted by atomic mass is 10.1. The molecule has 3 rings (SSSR count). The van der Waals surface area contributed by atoms with Crippen molar-refractivity contribution in [2.75, 3.05) is 19.3 Å². The van der Waals surface area contributed by atoms with Crippen molar-refractivity contribution >= 4 is 35.8 Å². The van der Waals surface area contributed by atoms with Crippen molar-refractivity contribution in [1.82, 2.24) is 10.2 Å². The van der Waals surface area contributed by atoms with Gasteiger partial charge < -0.3 is 10.2 Å². The molecular weight excluding hydrogens is 338 g/mol. The first kappa shape index (κ1) is 18.0. The van der Waals surface area contributed by atoms with E-state index in [1.807, 2.05) is 11.2 Å². The molecule has 23 heavy (non-hydrogen) atoms. The summed E-state index contributed by atoms with van der Waals surface area (Å²) in [6.07, 6.45) is 4.78. The van der Waals surface area contributed by atoms with Crippen LogP contribution < -0.4 is 5.32 Å². The summed E-state index contributed by atoms with van der Waals surface area (Å²) in [5.74, 6) is -0.196. The van der Waals surface area contributed by atoms with E-state index in [0.717, 1.165) is 37.2 Å². The van der Waals surface area contributed by atoms with Crippen molar-refractivity contribution < 1.29 is 9.72 Å². The van der Waals surface area contributed by atoms with Crippen molar-refractivity contribution in [3.05, 3.63) is 33.9 Å². The van der Waals surface area contributed by atoms with Gasteiger partial charge in [0.15, 0.2) is 0 Å². The van der Waals surface area contributed by atoms with E-state index < -0.39 is 4.92 Å². The lowest BCUT2D eigenvalue weighted by Gasteiger charge is -2.28. The minimum atomic E-state index is -0.463. The van der Waals surface area contributed by atoms with Gasteiger partial charge in [-0.05, 0) is 44.2 Å². The Balaban J connectivity index is 0.00000192. The van der Waals surface area contributed by atoms with Gasteiger partial charge in [-0.25, -0.2) is 0 Å². The number of halogens is 1. The molecule has 0 spiro atoms. The first-order valence-electron chi connectivity index (χ1n) is 7.47. The number of rotatable bonds is 3. The number of nitrogens with one attached hydrogen (secondary N) is 1. The molecule has 2 unspecified atom stereocenters. The SMILES string of the molecule is CSc1ccc([N+](=O)[O-])c(C(=O)N2C3CCNCC2CC3)c1.Cl. The molecule has 2 atom stereocenters. The summed E-state index contributed by atoms with van der Waals surface area (Å²) in [4.78, 5) is 26.6. The van der Waals surface area contributed by atoms with Gasteiger partial charge >= 0.3 is 0 Å². The summed E-state index contributed by atoms with van der Waals surface area (Å²) in [5.41, 5.74) is 0.120. The molecular formula is C15H20ClN3O3S. The highest BCUT2D eigenvalue weighted by Crippen LogP contribution is 2.33. The minimum absolute atomic E-state index is 0. The molecule has 1 N–H and O–H groups in total. The normalized spacial score (nSPS) is 23.1. The summed E-state index contributed by atoms with van der Waals surface area (Å²) in [5, 5.41) is 14.6. The number of benzene rings is 1. The van der Waals surface area contributed by atoms with Crippen LogP contribution in [0.5, 0.6) is 0 Å². The Kier molecular flexibility index (Phi) is 5.89. The molecule has 126 valence electrons. The maximum absolute atomic E-state index is 13.0. The molecule has 2 fully saturated rings. The Hall–Kier alpha value is -1.31. The number of amides is 1. The van der Waals surface area contributed by atoms with Gasteiger partial charge in [-0.1, -0.05) is 0 Å². The number of nitro benzene ring substituents is 1. The summed E-state index contributed by atoms with van der Waals surface area (Å²) >= 11 is 1.48. The number of thioether (sulfide) groups is 1. The fourth-order valence-electron chi connectivity index (χ4n) is 3.43. The number of hydrogen-bond donors (Lipinski definition) is 1. The van der Waals surface area contributed by atoms with E-state index in [9.17, 15) is 14.9 Å². The smallest absolute Gasteiger partial charge is 0.282 e. The molecule has 1 amide bonds. The molecule has 2 bridgehead atoms. The first-order valence-corrected chi connectivity index (χ1v) is 8.70. The maximum Gasteiger partial charge on any atom is 0.282 e. The zero-order valence-corrected chi connectivity index (χ0v) is 14.5. The third kappa shape index (κ3) is 3.46. The van der Waals surface area contributed by atoms with Crippen LogP contribution in [0.3, 0.4) is 0 Å². The monoisotopic (exact) mass is 357 g/mol. The highest BCUT2D eigenvalue weighted by atomic mass is 35.5. The molecule has 0 aliphatic carbocycles. The zero-order valence-electron chi connectivity index (χ0n) is 12.9. The Labute approximate surface area is 145 Å². The standard InChI is InChI=1S/C15H19N3O3S.ClH/c1-22-12-4-5-14(18(20)21)13(8-12)15(19)17-10-2-3-11(17)9-16-7-6-10;/h4-5,8,10-11,16H,2-3,6-7,9H2,1H3;1H. The highest BCUT2D eigenvalue weighted by molar-refractivity contribution is 7.98. The first-order chi connectivity index (χ1) is 10.6. The number of nitrogens with zero attached hydrogens (tertiary/aromatic N) is 2. The topological polar surface area (TPSA) is 75.5 Å². The molecule has 0 aromatic heterocycles. The molecule has 2 saturated heterocycles. The lowest BCUT2D eigenvalue weighted by Crippen LogP contribution is -2.42. The van der Waals surface area contributed by atoms with Crippen molar-refractivity contribution in [3.8, 4) is 0 Å². The molecule has 2 heterocycles. The van der Waals surface area contributed by atoms with Crippen molar-refractivity contribution in [1.29, 1.82) is 0 Å². The van der Waals surface area contributed by atoms with E-state index in [1.54, 1.807) is 12.1 Å². The van der Waals surface area contributed by atoms with E-state index in [0.29, 0.717) is 0 Å². The van der Waals surface area contributed by atoms with Gasteiger partial charge in [0.2, 0.25) is 0 Å². The van der Waals surface area contributed by atoms with E-state index in [1.165, 1.54) is 17.8 Å².